The number of amides is 1. The molecule has 116 valence electrons. The smallest absolute Gasteiger partial charge is 0.256 e. The van der Waals surface area contributed by atoms with Gasteiger partial charge in [0, 0.05) is 19.1 Å². The van der Waals surface area contributed by atoms with E-state index in [1.165, 1.54) is 0 Å². The van der Waals surface area contributed by atoms with Crippen molar-refractivity contribution >= 4 is 5.91 Å². The van der Waals surface area contributed by atoms with Gasteiger partial charge in [-0.1, -0.05) is 20.3 Å². The van der Waals surface area contributed by atoms with Crippen molar-refractivity contribution in [2.45, 2.75) is 32.7 Å². The van der Waals surface area contributed by atoms with Crippen molar-refractivity contribution in [3.8, 4) is 0 Å². The lowest BCUT2D eigenvalue weighted by Crippen LogP contribution is -2.51. The second kappa shape index (κ2) is 6.98. The lowest BCUT2D eigenvalue weighted by molar-refractivity contribution is 0.0623. The number of rotatable bonds is 4. The van der Waals surface area contributed by atoms with Crippen LogP contribution in [0.15, 0.2) is 18.2 Å². The van der Waals surface area contributed by atoms with Crippen LogP contribution in [-0.4, -0.2) is 36.5 Å². The number of nitrogens with zero attached hydrogens (tertiary/aromatic N) is 1. The molecule has 1 heterocycles. The molecular weight excluding hydrogens is 274 g/mol. The van der Waals surface area contributed by atoms with E-state index >= 15 is 0 Å². The van der Waals surface area contributed by atoms with Crippen LogP contribution < -0.4 is 5.32 Å². The van der Waals surface area contributed by atoms with Crippen molar-refractivity contribution in [2.24, 2.45) is 5.92 Å². The SMILES string of the molecule is CCNC1CCN(C(=O)c2cc(F)ccc2F)CC1CC. The van der Waals surface area contributed by atoms with E-state index in [-0.39, 0.29) is 5.56 Å². The molecule has 0 saturated carbocycles. The highest BCUT2D eigenvalue weighted by Gasteiger charge is 2.31. The third-order valence-corrected chi connectivity index (χ3v) is 4.17. The Labute approximate surface area is 124 Å². The van der Waals surface area contributed by atoms with Crippen molar-refractivity contribution in [1.82, 2.24) is 10.2 Å². The molecule has 1 aliphatic heterocycles. The summed E-state index contributed by atoms with van der Waals surface area (Å²) in [5.74, 6) is -1.32. The highest BCUT2D eigenvalue weighted by molar-refractivity contribution is 5.94. The summed E-state index contributed by atoms with van der Waals surface area (Å²) in [6.07, 6.45) is 1.79. The maximum absolute atomic E-state index is 13.7. The van der Waals surface area contributed by atoms with E-state index < -0.39 is 17.5 Å². The van der Waals surface area contributed by atoms with Gasteiger partial charge in [-0.25, -0.2) is 8.78 Å². The molecule has 1 aliphatic rings. The lowest BCUT2D eigenvalue weighted by atomic mass is 9.89. The van der Waals surface area contributed by atoms with Crippen LogP contribution in [0.5, 0.6) is 0 Å². The number of nitrogens with one attached hydrogen (secondary N) is 1. The standard InChI is InChI=1S/C16H22F2N2O/c1-3-11-10-20(8-7-15(11)19-4-2)16(21)13-9-12(17)5-6-14(13)18/h5-6,9,11,15,19H,3-4,7-8,10H2,1-2H3. The number of hydrogen-bond acceptors (Lipinski definition) is 2. The number of hydrogen-bond donors (Lipinski definition) is 1. The largest absolute Gasteiger partial charge is 0.338 e. The molecule has 0 aromatic heterocycles. The van der Waals surface area contributed by atoms with Gasteiger partial charge in [-0.3, -0.25) is 4.79 Å². The number of carbonyl (C=O) groups excluding carboxylic acids is 1. The van der Waals surface area contributed by atoms with Crippen LogP contribution in [0.3, 0.4) is 0 Å². The predicted octanol–water partition coefficient (Wildman–Crippen LogP) is 2.82. The van der Waals surface area contributed by atoms with Crippen molar-refractivity contribution < 1.29 is 13.6 Å². The topological polar surface area (TPSA) is 32.3 Å². The van der Waals surface area contributed by atoms with Gasteiger partial charge in [0.2, 0.25) is 0 Å². The summed E-state index contributed by atoms with van der Waals surface area (Å²) in [5.41, 5.74) is -0.174. The number of carbonyl (C=O) groups is 1. The van der Waals surface area contributed by atoms with E-state index in [2.05, 4.69) is 19.2 Å². The molecule has 0 bridgehead atoms. The van der Waals surface area contributed by atoms with Crippen molar-refractivity contribution in [3.63, 3.8) is 0 Å². The fraction of sp³-hybridized carbons (Fsp3) is 0.562. The van der Waals surface area contributed by atoms with Crippen LogP contribution in [0.4, 0.5) is 8.78 Å². The first-order valence-electron chi connectivity index (χ1n) is 7.54. The summed E-state index contributed by atoms with van der Waals surface area (Å²) >= 11 is 0. The van der Waals surface area contributed by atoms with E-state index in [1.807, 2.05) is 0 Å². The highest BCUT2D eigenvalue weighted by atomic mass is 19.1. The average Bonchev–Trinajstić information content (AvgIpc) is 2.49. The van der Waals surface area contributed by atoms with Gasteiger partial charge in [-0.15, -0.1) is 0 Å². The maximum Gasteiger partial charge on any atom is 0.256 e. The zero-order chi connectivity index (χ0) is 15.4. The Morgan fingerprint density at radius 2 is 2.14 bits per heavy atom. The zero-order valence-corrected chi connectivity index (χ0v) is 12.5. The first-order valence-corrected chi connectivity index (χ1v) is 7.54. The molecule has 1 aromatic carbocycles. The summed E-state index contributed by atoms with van der Waals surface area (Å²) in [5, 5.41) is 3.43. The Balaban J connectivity index is 2.12. The van der Waals surface area contributed by atoms with Crippen molar-refractivity contribution in [1.29, 1.82) is 0 Å². The summed E-state index contributed by atoms with van der Waals surface area (Å²) in [6.45, 7) is 6.21. The number of likely N-dealkylation sites (tertiary alicyclic amines) is 1. The fourth-order valence-electron chi connectivity index (χ4n) is 2.99. The van der Waals surface area contributed by atoms with Gasteiger partial charge >= 0.3 is 0 Å². The van der Waals surface area contributed by atoms with Crippen LogP contribution in [0.25, 0.3) is 0 Å². The molecule has 2 rings (SSSR count). The van der Waals surface area contributed by atoms with Gasteiger partial charge in [-0.05, 0) is 37.1 Å². The third kappa shape index (κ3) is 3.59. The molecule has 0 aliphatic carbocycles. The van der Waals surface area contributed by atoms with Gasteiger partial charge in [0.05, 0.1) is 5.56 Å². The van der Waals surface area contributed by atoms with Crippen LogP contribution in [0.1, 0.15) is 37.0 Å². The van der Waals surface area contributed by atoms with Gasteiger partial charge in [-0.2, -0.15) is 0 Å². The van der Waals surface area contributed by atoms with Gasteiger partial charge in [0.25, 0.3) is 5.91 Å². The minimum Gasteiger partial charge on any atom is -0.338 e. The summed E-state index contributed by atoms with van der Waals surface area (Å²) in [4.78, 5) is 14.0. The molecule has 3 nitrogen and oxygen atoms in total. The molecule has 0 radical (unpaired) electrons. The second-order valence-electron chi connectivity index (χ2n) is 5.50. The van der Waals surface area contributed by atoms with E-state index in [1.54, 1.807) is 4.90 Å². The molecule has 2 unspecified atom stereocenters. The molecule has 0 spiro atoms. The molecule has 5 heteroatoms. The van der Waals surface area contributed by atoms with Gasteiger partial charge in [0.15, 0.2) is 0 Å². The normalized spacial score (nSPS) is 22.4. The third-order valence-electron chi connectivity index (χ3n) is 4.17. The Hall–Kier alpha value is -1.49. The van der Waals surface area contributed by atoms with Gasteiger partial charge in [0.1, 0.15) is 11.6 Å². The molecule has 21 heavy (non-hydrogen) atoms. The molecule has 1 saturated heterocycles. The van der Waals surface area contributed by atoms with Crippen molar-refractivity contribution in [3.05, 3.63) is 35.4 Å². The molecule has 1 amide bonds. The van der Waals surface area contributed by atoms with Crippen LogP contribution in [0.2, 0.25) is 0 Å². The summed E-state index contributed by atoms with van der Waals surface area (Å²) in [7, 11) is 0. The van der Waals surface area contributed by atoms with Crippen LogP contribution in [-0.2, 0) is 0 Å². The first-order chi connectivity index (χ1) is 10.1. The number of halogens is 2. The summed E-state index contributed by atoms with van der Waals surface area (Å²) < 4.78 is 27.0. The molecule has 1 N–H and O–H groups in total. The summed E-state index contributed by atoms with van der Waals surface area (Å²) in [6, 6.07) is 3.40. The number of benzene rings is 1. The van der Waals surface area contributed by atoms with E-state index in [0.29, 0.717) is 25.0 Å². The monoisotopic (exact) mass is 296 g/mol. The average molecular weight is 296 g/mol. The molecule has 2 atom stereocenters. The Morgan fingerprint density at radius 1 is 1.38 bits per heavy atom. The van der Waals surface area contributed by atoms with E-state index in [9.17, 15) is 13.6 Å². The predicted molar refractivity (Wildman–Crippen MR) is 78.1 cm³/mol. The van der Waals surface area contributed by atoms with E-state index in [0.717, 1.165) is 37.6 Å². The lowest BCUT2D eigenvalue weighted by Gasteiger charge is -2.38. The minimum absolute atomic E-state index is 0.174. The van der Waals surface area contributed by atoms with Gasteiger partial charge < -0.3 is 10.2 Å². The minimum atomic E-state index is -0.664. The Kier molecular flexibility index (Phi) is 5.28. The fourth-order valence-corrected chi connectivity index (χ4v) is 2.99. The quantitative estimate of drug-likeness (QED) is 0.926. The molecule has 1 aromatic rings. The number of piperidine rings is 1. The van der Waals surface area contributed by atoms with Crippen molar-refractivity contribution in [2.75, 3.05) is 19.6 Å². The Bertz CT molecular complexity index is 507. The molecular formula is C16H22F2N2O. The second-order valence-corrected chi connectivity index (χ2v) is 5.50. The maximum atomic E-state index is 13.7. The zero-order valence-electron chi connectivity index (χ0n) is 12.5. The highest BCUT2D eigenvalue weighted by Crippen LogP contribution is 2.23. The van der Waals surface area contributed by atoms with Crippen LogP contribution in [0, 0.1) is 17.6 Å². The Morgan fingerprint density at radius 3 is 2.81 bits per heavy atom. The molecule has 1 fully saturated rings. The van der Waals surface area contributed by atoms with E-state index in [4.69, 9.17) is 0 Å². The van der Waals surface area contributed by atoms with Crippen LogP contribution >= 0.6 is 0 Å². The first kappa shape index (κ1) is 15.9.